The molecule has 3 rings (SSSR count). The third kappa shape index (κ3) is 4.19. The van der Waals surface area contributed by atoms with E-state index in [1.807, 2.05) is 20.8 Å². The Morgan fingerprint density at radius 1 is 1.11 bits per heavy atom. The number of carbonyl (C=O) groups is 1. The Labute approximate surface area is 159 Å². The standard InChI is InChI=1S/C18H25N5O3S/c1-14(23-16(3)19-15(2)20-23)13-18(24)21-9-11-22(12-10-21)27(25,26)17-7-5-4-6-8-17/h4-8,14H,9-13H2,1-3H3. The molecule has 146 valence electrons. The number of aromatic nitrogens is 3. The maximum atomic E-state index is 12.7. The monoisotopic (exact) mass is 391 g/mol. The minimum absolute atomic E-state index is 0.00631. The van der Waals surface area contributed by atoms with E-state index in [-0.39, 0.29) is 16.8 Å². The zero-order valence-electron chi connectivity index (χ0n) is 15.9. The maximum absolute atomic E-state index is 12.7. The molecule has 2 aromatic rings. The van der Waals surface area contributed by atoms with E-state index in [2.05, 4.69) is 10.1 Å². The van der Waals surface area contributed by atoms with Crippen molar-refractivity contribution in [3.8, 4) is 0 Å². The lowest BCUT2D eigenvalue weighted by molar-refractivity contribution is -0.133. The summed E-state index contributed by atoms with van der Waals surface area (Å²) in [6, 6.07) is 8.30. The molecule has 2 heterocycles. The lowest BCUT2D eigenvalue weighted by Gasteiger charge is -2.34. The third-order valence-electron chi connectivity index (χ3n) is 4.77. The van der Waals surface area contributed by atoms with Gasteiger partial charge in [0.1, 0.15) is 11.6 Å². The molecule has 0 spiro atoms. The zero-order valence-corrected chi connectivity index (χ0v) is 16.7. The average Bonchev–Trinajstić information content (AvgIpc) is 3.01. The molecule has 1 aliphatic heterocycles. The topological polar surface area (TPSA) is 88.4 Å². The largest absolute Gasteiger partial charge is 0.340 e. The third-order valence-corrected chi connectivity index (χ3v) is 6.68. The van der Waals surface area contributed by atoms with Gasteiger partial charge in [-0.1, -0.05) is 18.2 Å². The lowest BCUT2D eigenvalue weighted by atomic mass is 10.2. The summed E-state index contributed by atoms with van der Waals surface area (Å²) in [6.07, 6.45) is 0.315. The number of sulfonamides is 1. The minimum atomic E-state index is -3.51. The Balaban J connectivity index is 1.59. The van der Waals surface area contributed by atoms with Crippen LogP contribution in [0.2, 0.25) is 0 Å². The molecule has 27 heavy (non-hydrogen) atoms. The summed E-state index contributed by atoms with van der Waals surface area (Å²) in [5.41, 5.74) is 0. The Morgan fingerprint density at radius 2 is 1.74 bits per heavy atom. The number of carbonyl (C=O) groups excluding carboxylic acids is 1. The van der Waals surface area contributed by atoms with E-state index in [0.29, 0.717) is 38.4 Å². The van der Waals surface area contributed by atoms with Gasteiger partial charge in [-0.25, -0.2) is 18.1 Å². The van der Waals surface area contributed by atoms with E-state index >= 15 is 0 Å². The number of rotatable bonds is 5. The molecule has 1 aromatic carbocycles. The number of benzene rings is 1. The zero-order chi connectivity index (χ0) is 19.6. The molecule has 1 aromatic heterocycles. The number of hydrogen-bond donors (Lipinski definition) is 0. The van der Waals surface area contributed by atoms with Gasteiger partial charge in [0.25, 0.3) is 0 Å². The van der Waals surface area contributed by atoms with Crippen LogP contribution in [0.4, 0.5) is 0 Å². The van der Waals surface area contributed by atoms with E-state index < -0.39 is 10.0 Å². The number of hydrogen-bond acceptors (Lipinski definition) is 5. The molecular weight excluding hydrogens is 366 g/mol. The predicted molar refractivity (Wildman–Crippen MR) is 101 cm³/mol. The summed E-state index contributed by atoms with van der Waals surface area (Å²) >= 11 is 0. The van der Waals surface area contributed by atoms with Crippen molar-refractivity contribution in [2.75, 3.05) is 26.2 Å². The van der Waals surface area contributed by atoms with E-state index in [4.69, 9.17) is 0 Å². The molecule has 1 atom stereocenters. The molecule has 0 N–H and O–H groups in total. The van der Waals surface area contributed by atoms with E-state index in [9.17, 15) is 13.2 Å². The van der Waals surface area contributed by atoms with Gasteiger partial charge in [-0.2, -0.15) is 9.40 Å². The SMILES string of the molecule is Cc1nc(C)n(C(C)CC(=O)N2CCN(S(=O)(=O)c3ccccc3)CC2)n1. The van der Waals surface area contributed by atoms with Crippen LogP contribution in [0.5, 0.6) is 0 Å². The van der Waals surface area contributed by atoms with Crippen molar-refractivity contribution in [1.82, 2.24) is 24.0 Å². The van der Waals surface area contributed by atoms with Crippen LogP contribution in [-0.2, 0) is 14.8 Å². The molecular formula is C18H25N5O3S. The van der Waals surface area contributed by atoms with Crippen LogP contribution in [0, 0.1) is 13.8 Å². The van der Waals surface area contributed by atoms with Gasteiger partial charge in [0.15, 0.2) is 0 Å². The van der Waals surface area contributed by atoms with Crippen molar-refractivity contribution in [2.24, 2.45) is 0 Å². The first-order valence-corrected chi connectivity index (χ1v) is 10.5. The van der Waals surface area contributed by atoms with Gasteiger partial charge in [-0.3, -0.25) is 4.79 Å². The summed E-state index contributed by atoms with van der Waals surface area (Å²) < 4.78 is 28.6. The first-order chi connectivity index (χ1) is 12.8. The van der Waals surface area contributed by atoms with Gasteiger partial charge >= 0.3 is 0 Å². The second kappa shape index (κ2) is 7.77. The Kier molecular flexibility index (Phi) is 5.61. The van der Waals surface area contributed by atoms with Crippen molar-refractivity contribution >= 4 is 15.9 Å². The van der Waals surface area contributed by atoms with Crippen LogP contribution in [-0.4, -0.2) is 64.5 Å². The number of amides is 1. The summed E-state index contributed by atoms with van der Waals surface area (Å²) in [5.74, 6) is 1.48. The second-order valence-corrected chi connectivity index (χ2v) is 8.74. The highest BCUT2D eigenvalue weighted by Crippen LogP contribution is 2.19. The number of nitrogens with zero attached hydrogens (tertiary/aromatic N) is 5. The van der Waals surface area contributed by atoms with Crippen LogP contribution in [0.3, 0.4) is 0 Å². The van der Waals surface area contributed by atoms with Crippen molar-refractivity contribution in [1.29, 1.82) is 0 Å². The highest BCUT2D eigenvalue weighted by atomic mass is 32.2. The molecule has 1 unspecified atom stereocenters. The van der Waals surface area contributed by atoms with E-state index in [0.717, 1.165) is 5.82 Å². The summed E-state index contributed by atoms with van der Waals surface area (Å²) in [7, 11) is -3.51. The average molecular weight is 391 g/mol. The summed E-state index contributed by atoms with van der Waals surface area (Å²) in [5, 5.41) is 4.33. The molecule has 1 amide bonds. The Hall–Kier alpha value is -2.26. The van der Waals surface area contributed by atoms with Crippen molar-refractivity contribution in [2.45, 2.75) is 38.1 Å². The summed E-state index contributed by atoms with van der Waals surface area (Å²) in [4.78, 5) is 18.9. The van der Waals surface area contributed by atoms with Crippen LogP contribution in [0.1, 0.15) is 31.0 Å². The number of piperazine rings is 1. The van der Waals surface area contributed by atoms with Crippen molar-refractivity contribution < 1.29 is 13.2 Å². The smallest absolute Gasteiger partial charge is 0.243 e. The first-order valence-electron chi connectivity index (χ1n) is 9.02. The van der Waals surface area contributed by atoms with Gasteiger partial charge in [0.05, 0.1) is 10.9 Å². The molecule has 0 radical (unpaired) electrons. The lowest BCUT2D eigenvalue weighted by Crippen LogP contribution is -2.50. The Bertz CT molecular complexity index is 902. The van der Waals surface area contributed by atoms with Gasteiger partial charge in [-0.05, 0) is 32.9 Å². The molecule has 9 heteroatoms. The molecule has 8 nitrogen and oxygen atoms in total. The second-order valence-electron chi connectivity index (χ2n) is 6.80. The van der Waals surface area contributed by atoms with Gasteiger partial charge < -0.3 is 4.90 Å². The predicted octanol–water partition coefficient (Wildman–Crippen LogP) is 1.38. The fraction of sp³-hybridized carbons (Fsp3) is 0.500. The molecule has 1 fully saturated rings. The molecule has 1 aliphatic rings. The molecule has 0 bridgehead atoms. The fourth-order valence-electron chi connectivity index (χ4n) is 3.34. The quantitative estimate of drug-likeness (QED) is 0.768. The number of aryl methyl sites for hydroxylation is 2. The van der Waals surface area contributed by atoms with Crippen LogP contribution < -0.4 is 0 Å². The van der Waals surface area contributed by atoms with E-state index in [1.165, 1.54) is 4.31 Å². The molecule has 0 saturated carbocycles. The minimum Gasteiger partial charge on any atom is -0.340 e. The van der Waals surface area contributed by atoms with Gasteiger partial charge in [-0.15, -0.1) is 0 Å². The molecule has 1 saturated heterocycles. The normalized spacial score (nSPS) is 17.1. The van der Waals surface area contributed by atoms with E-state index in [1.54, 1.807) is 39.9 Å². The van der Waals surface area contributed by atoms with Crippen LogP contribution >= 0.6 is 0 Å². The van der Waals surface area contributed by atoms with Crippen molar-refractivity contribution in [3.63, 3.8) is 0 Å². The Morgan fingerprint density at radius 3 is 2.30 bits per heavy atom. The summed E-state index contributed by atoms with van der Waals surface area (Å²) in [6.45, 7) is 7.03. The highest BCUT2D eigenvalue weighted by Gasteiger charge is 2.30. The van der Waals surface area contributed by atoms with Crippen molar-refractivity contribution in [3.05, 3.63) is 42.0 Å². The fourth-order valence-corrected chi connectivity index (χ4v) is 4.78. The van der Waals surface area contributed by atoms with Gasteiger partial charge in [0, 0.05) is 32.6 Å². The van der Waals surface area contributed by atoms with Gasteiger partial charge in [0.2, 0.25) is 15.9 Å². The first kappa shape index (κ1) is 19.5. The maximum Gasteiger partial charge on any atom is 0.243 e. The molecule has 0 aliphatic carbocycles. The highest BCUT2D eigenvalue weighted by molar-refractivity contribution is 7.89. The van der Waals surface area contributed by atoms with Crippen LogP contribution in [0.15, 0.2) is 35.2 Å². The van der Waals surface area contributed by atoms with Crippen LogP contribution in [0.25, 0.3) is 0 Å².